The molecule has 2 unspecified atom stereocenters. The highest BCUT2D eigenvalue weighted by molar-refractivity contribution is 9.10. The van der Waals surface area contributed by atoms with E-state index in [1.54, 1.807) is 0 Å². The van der Waals surface area contributed by atoms with Crippen molar-refractivity contribution >= 4 is 21.6 Å². The minimum Gasteiger partial charge on any atom is -0.364 e. The molecule has 1 aromatic carbocycles. The number of nitrogens with zero attached hydrogens (tertiary/aromatic N) is 2. The van der Waals surface area contributed by atoms with Crippen LogP contribution in [-0.2, 0) is 0 Å². The topological polar surface area (TPSA) is 39.1 Å². The third-order valence-corrected chi connectivity index (χ3v) is 3.77. The molecule has 17 heavy (non-hydrogen) atoms. The van der Waals surface area contributed by atoms with Crippen LogP contribution in [-0.4, -0.2) is 25.2 Å². The standard InChI is InChI=1S/C13H16BrN3/c1-10-9-17(11(6-7-15)8-16-10)13-5-3-2-4-12(13)14/h2-5,10-11,16H,6,8-9H2,1H3. The average Bonchev–Trinajstić information content (AvgIpc) is 2.32. The molecule has 0 amide bonds. The second kappa shape index (κ2) is 5.52. The van der Waals surface area contributed by atoms with E-state index >= 15 is 0 Å². The Kier molecular flexibility index (Phi) is 4.03. The van der Waals surface area contributed by atoms with Gasteiger partial charge in [-0.25, -0.2) is 0 Å². The van der Waals surface area contributed by atoms with Crippen molar-refractivity contribution in [3.63, 3.8) is 0 Å². The largest absolute Gasteiger partial charge is 0.364 e. The molecule has 0 bridgehead atoms. The van der Waals surface area contributed by atoms with E-state index in [1.165, 1.54) is 5.69 Å². The summed E-state index contributed by atoms with van der Waals surface area (Å²) < 4.78 is 1.09. The van der Waals surface area contributed by atoms with E-state index in [0.29, 0.717) is 12.5 Å². The Labute approximate surface area is 111 Å². The van der Waals surface area contributed by atoms with E-state index < -0.39 is 0 Å². The first-order valence-electron chi connectivity index (χ1n) is 5.84. The molecule has 1 aliphatic heterocycles. The van der Waals surface area contributed by atoms with Gasteiger partial charge in [0.2, 0.25) is 0 Å². The third-order valence-electron chi connectivity index (χ3n) is 3.10. The van der Waals surface area contributed by atoms with Crippen molar-refractivity contribution in [3.8, 4) is 6.07 Å². The zero-order chi connectivity index (χ0) is 12.3. The zero-order valence-corrected chi connectivity index (χ0v) is 11.4. The maximum Gasteiger partial charge on any atom is 0.0643 e. The lowest BCUT2D eigenvalue weighted by Crippen LogP contribution is -2.55. The number of para-hydroxylation sites is 1. The van der Waals surface area contributed by atoms with Gasteiger partial charge >= 0.3 is 0 Å². The summed E-state index contributed by atoms with van der Waals surface area (Å²) in [6.07, 6.45) is 0.557. The normalized spacial score (nSPS) is 24.4. The molecule has 1 aliphatic rings. The predicted octanol–water partition coefficient (Wildman–Crippen LogP) is 2.53. The Morgan fingerprint density at radius 3 is 3.00 bits per heavy atom. The molecule has 90 valence electrons. The van der Waals surface area contributed by atoms with Crippen LogP contribution in [0.5, 0.6) is 0 Å². The molecule has 0 radical (unpaired) electrons. The monoisotopic (exact) mass is 293 g/mol. The Morgan fingerprint density at radius 2 is 2.29 bits per heavy atom. The second-order valence-corrected chi connectivity index (χ2v) is 5.28. The Bertz CT molecular complexity index is 427. The fraction of sp³-hybridized carbons (Fsp3) is 0.462. The van der Waals surface area contributed by atoms with Crippen LogP contribution in [0.2, 0.25) is 0 Å². The lowest BCUT2D eigenvalue weighted by Gasteiger charge is -2.40. The number of hydrogen-bond donors (Lipinski definition) is 1. The molecule has 1 heterocycles. The van der Waals surface area contributed by atoms with E-state index in [4.69, 9.17) is 5.26 Å². The first-order chi connectivity index (χ1) is 8.22. The minimum atomic E-state index is 0.259. The Balaban J connectivity index is 2.26. The number of rotatable bonds is 2. The molecule has 4 heteroatoms. The number of benzene rings is 1. The summed E-state index contributed by atoms with van der Waals surface area (Å²) in [4.78, 5) is 2.33. The molecule has 1 aromatic rings. The number of piperazine rings is 1. The first-order valence-corrected chi connectivity index (χ1v) is 6.63. The maximum absolute atomic E-state index is 8.90. The second-order valence-electron chi connectivity index (χ2n) is 4.43. The maximum atomic E-state index is 8.90. The molecule has 0 aromatic heterocycles. The summed E-state index contributed by atoms with van der Waals surface area (Å²) in [6.45, 7) is 3.98. The summed E-state index contributed by atoms with van der Waals surface area (Å²) in [5, 5.41) is 12.3. The van der Waals surface area contributed by atoms with Crippen molar-refractivity contribution in [2.45, 2.75) is 25.4 Å². The van der Waals surface area contributed by atoms with Gasteiger partial charge in [-0.3, -0.25) is 0 Å². The Hall–Kier alpha value is -1.05. The molecule has 0 aliphatic carbocycles. The summed E-state index contributed by atoms with van der Waals surface area (Å²) in [7, 11) is 0. The minimum absolute atomic E-state index is 0.259. The highest BCUT2D eigenvalue weighted by Crippen LogP contribution is 2.29. The number of halogens is 1. The number of anilines is 1. The zero-order valence-electron chi connectivity index (χ0n) is 9.86. The lowest BCUT2D eigenvalue weighted by molar-refractivity contribution is 0.411. The highest BCUT2D eigenvalue weighted by atomic mass is 79.9. The molecule has 2 atom stereocenters. The van der Waals surface area contributed by atoms with Crippen molar-refractivity contribution in [3.05, 3.63) is 28.7 Å². The van der Waals surface area contributed by atoms with Crippen molar-refractivity contribution < 1.29 is 0 Å². The first kappa shape index (κ1) is 12.4. The van der Waals surface area contributed by atoms with Crippen LogP contribution >= 0.6 is 15.9 Å². The average molecular weight is 294 g/mol. The van der Waals surface area contributed by atoms with Crippen LogP contribution in [0.1, 0.15) is 13.3 Å². The molecule has 0 spiro atoms. The summed E-state index contributed by atoms with van der Waals surface area (Å²) in [5.74, 6) is 0. The Morgan fingerprint density at radius 1 is 1.53 bits per heavy atom. The third kappa shape index (κ3) is 2.80. The van der Waals surface area contributed by atoms with Crippen LogP contribution in [0.15, 0.2) is 28.7 Å². The molecule has 3 nitrogen and oxygen atoms in total. The smallest absolute Gasteiger partial charge is 0.0643 e. The van der Waals surface area contributed by atoms with Gasteiger partial charge in [-0.1, -0.05) is 12.1 Å². The molecule has 1 fully saturated rings. The van der Waals surface area contributed by atoms with E-state index in [2.05, 4.69) is 45.2 Å². The fourth-order valence-corrected chi connectivity index (χ4v) is 2.74. The quantitative estimate of drug-likeness (QED) is 0.911. The van der Waals surface area contributed by atoms with Gasteiger partial charge < -0.3 is 10.2 Å². The highest BCUT2D eigenvalue weighted by Gasteiger charge is 2.26. The molecular weight excluding hydrogens is 278 g/mol. The van der Waals surface area contributed by atoms with Crippen LogP contribution in [0, 0.1) is 11.3 Å². The number of nitriles is 1. The molecule has 1 saturated heterocycles. The van der Waals surface area contributed by atoms with Gasteiger partial charge in [0.1, 0.15) is 0 Å². The van der Waals surface area contributed by atoms with Gasteiger partial charge in [0.15, 0.2) is 0 Å². The van der Waals surface area contributed by atoms with Gasteiger partial charge in [-0.2, -0.15) is 5.26 Å². The molecule has 0 saturated carbocycles. The van der Waals surface area contributed by atoms with Crippen molar-refractivity contribution in [2.75, 3.05) is 18.0 Å². The van der Waals surface area contributed by atoms with Crippen molar-refractivity contribution in [1.82, 2.24) is 5.32 Å². The fourth-order valence-electron chi connectivity index (χ4n) is 2.22. The van der Waals surface area contributed by atoms with E-state index in [9.17, 15) is 0 Å². The number of hydrogen-bond acceptors (Lipinski definition) is 3. The van der Waals surface area contributed by atoms with Gasteiger partial charge in [0.25, 0.3) is 0 Å². The van der Waals surface area contributed by atoms with E-state index in [0.717, 1.165) is 17.6 Å². The van der Waals surface area contributed by atoms with Gasteiger partial charge in [0, 0.05) is 23.6 Å². The van der Waals surface area contributed by atoms with Crippen molar-refractivity contribution in [1.29, 1.82) is 5.26 Å². The SMILES string of the molecule is CC1CN(c2ccccc2Br)C(CC#N)CN1. The lowest BCUT2D eigenvalue weighted by atomic mass is 10.1. The van der Waals surface area contributed by atoms with Crippen LogP contribution in [0.4, 0.5) is 5.69 Å². The molecular formula is C13H16BrN3. The van der Waals surface area contributed by atoms with Gasteiger partial charge in [-0.05, 0) is 35.0 Å². The molecule has 1 N–H and O–H groups in total. The van der Waals surface area contributed by atoms with E-state index in [1.807, 2.05) is 18.2 Å². The summed E-state index contributed by atoms with van der Waals surface area (Å²) in [6, 6.07) is 11.2. The molecule has 2 rings (SSSR count). The van der Waals surface area contributed by atoms with Gasteiger partial charge in [0.05, 0.1) is 24.2 Å². The summed E-state index contributed by atoms with van der Waals surface area (Å²) >= 11 is 3.59. The van der Waals surface area contributed by atoms with Crippen molar-refractivity contribution in [2.24, 2.45) is 0 Å². The van der Waals surface area contributed by atoms with Crippen LogP contribution in [0.3, 0.4) is 0 Å². The van der Waals surface area contributed by atoms with E-state index in [-0.39, 0.29) is 6.04 Å². The van der Waals surface area contributed by atoms with Gasteiger partial charge in [-0.15, -0.1) is 0 Å². The number of nitrogens with one attached hydrogen (secondary N) is 1. The van der Waals surface area contributed by atoms with Crippen LogP contribution in [0.25, 0.3) is 0 Å². The van der Waals surface area contributed by atoms with Crippen LogP contribution < -0.4 is 10.2 Å². The predicted molar refractivity (Wildman–Crippen MR) is 73.0 cm³/mol. The summed E-state index contributed by atoms with van der Waals surface area (Å²) in [5.41, 5.74) is 1.18.